The molecule has 29 heavy (non-hydrogen) atoms. The van der Waals surface area contributed by atoms with Gasteiger partial charge >= 0.3 is 6.29 Å². The number of ether oxygens (including phenoxy) is 2. The SMILES string of the molecule is O=C(Nc1ccc2c(c1)OC(F)(F)O2)c1cc(S(=O)(=O)N2CCCC2)ccc1Cl. The number of benzene rings is 2. The number of nitrogens with one attached hydrogen (secondary N) is 1. The number of carbonyl (C=O) groups excluding carboxylic acids is 1. The van der Waals surface area contributed by atoms with Crippen LogP contribution in [0.2, 0.25) is 5.02 Å². The van der Waals surface area contributed by atoms with Crippen molar-refractivity contribution in [3.8, 4) is 11.5 Å². The zero-order chi connectivity index (χ0) is 20.8. The van der Waals surface area contributed by atoms with Crippen molar-refractivity contribution in [3.63, 3.8) is 0 Å². The lowest BCUT2D eigenvalue weighted by atomic mass is 10.2. The molecule has 11 heteroatoms. The van der Waals surface area contributed by atoms with Gasteiger partial charge in [-0.15, -0.1) is 8.78 Å². The Morgan fingerprint density at radius 3 is 2.48 bits per heavy atom. The quantitative estimate of drug-likeness (QED) is 0.777. The van der Waals surface area contributed by atoms with E-state index in [1.807, 2.05) is 0 Å². The van der Waals surface area contributed by atoms with Crippen LogP contribution in [0.15, 0.2) is 41.3 Å². The first-order valence-corrected chi connectivity index (χ1v) is 10.5. The van der Waals surface area contributed by atoms with Gasteiger partial charge in [0.25, 0.3) is 5.91 Å². The Morgan fingerprint density at radius 2 is 1.76 bits per heavy atom. The van der Waals surface area contributed by atoms with Crippen LogP contribution in [0, 0.1) is 0 Å². The van der Waals surface area contributed by atoms with Gasteiger partial charge in [-0.1, -0.05) is 11.6 Å². The molecule has 1 saturated heterocycles. The van der Waals surface area contributed by atoms with Crippen molar-refractivity contribution in [2.45, 2.75) is 24.0 Å². The average molecular weight is 445 g/mol. The van der Waals surface area contributed by atoms with E-state index in [0.717, 1.165) is 12.8 Å². The number of hydrogen-bond donors (Lipinski definition) is 1. The van der Waals surface area contributed by atoms with Crippen molar-refractivity contribution in [2.75, 3.05) is 18.4 Å². The normalized spacial score (nSPS) is 18.0. The smallest absolute Gasteiger partial charge is 0.395 e. The molecule has 1 N–H and O–H groups in total. The molecule has 154 valence electrons. The summed E-state index contributed by atoms with van der Waals surface area (Å²) in [4.78, 5) is 12.6. The molecule has 1 amide bonds. The maximum Gasteiger partial charge on any atom is 0.586 e. The lowest BCUT2D eigenvalue weighted by molar-refractivity contribution is -0.286. The fourth-order valence-electron chi connectivity index (χ4n) is 3.14. The number of carbonyl (C=O) groups is 1. The van der Waals surface area contributed by atoms with Crippen molar-refractivity contribution < 1.29 is 31.5 Å². The third-order valence-corrected chi connectivity index (χ3v) is 6.77. The minimum absolute atomic E-state index is 0.0423. The molecule has 0 spiro atoms. The van der Waals surface area contributed by atoms with E-state index in [0.29, 0.717) is 13.1 Å². The predicted molar refractivity (Wildman–Crippen MR) is 100 cm³/mol. The second-order valence-corrected chi connectivity index (χ2v) is 8.88. The highest BCUT2D eigenvalue weighted by Crippen LogP contribution is 2.42. The second-order valence-electron chi connectivity index (χ2n) is 6.54. The number of hydrogen-bond acceptors (Lipinski definition) is 5. The van der Waals surface area contributed by atoms with E-state index in [2.05, 4.69) is 14.8 Å². The average Bonchev–Trinajstić information content (AvgIpc) is 3.28. The molecule has 0 saturated carbocycles. The molecule has 2 aliphatic rings. The first kappa shape index (κ1) is 19.9. The van der Waals surface area contributed by atoms with Gasteiger partial charge in [-0.05, 0) is 43.2 Å². The minimum Gasteiger partial charge on any atom is -0.395 e. The summed E-state index contributed by atoms with van der Waals surface area (Å²) in [6.45, 7) is 0.850. The zero-order valence-corrected chi connectivity index (χ0v) is 16.4. The maximum absolute atomic E-state index is 13.1. The van der Waals surface area contributed by atoms with E-state index in [4.69, 9.17) is 11.6 Å². The molecular formula is C18H15ClF2N2O5S. The van der Waals surface area contributed by atoms with Gasteiger partial charge in [0.1, 0.15) is 0 Å². The Morgan fingerprint density at radius 1 is 1.07 bits per heavy atom. The van der Waals surface area contributed by atoms with Gasteiger partial charge in [-0.3, -0.25) is 4.79 Å². The first-order chi connectivity index (χ1) is 13.7. The van der Waals surface area contributed by atoms with Crippen LogP contribution in [-0.2, 0) is 10.0 Å². The van der Waals surface area contributed by atoms with Gasteiger partial charge in [0.15, 0.2) is 11.5 Å². The predicted octanol–water partition coefficient (Wildman–Crippen LogP) is 3.70. The Bertz CT molecular complexity index is 1090. The van der Waals surface area contributed by atoms with E-state index >= 15 is 0 Å². The number of amides is 1. The van der Waals surface area contributed by atoms with Crippen LogP contribution in [0.3, 0.4) is 0 Å². The van der Waals surface area contributed by atoms with Crippen LogP contribution in [0.1, 0.15) is 23.2 Å². The molecule has 0 bridgehead atoms. The molecule has 2 aliphatic heterocycles. The summed E-state index contributed by atoms with van der Waals surface area (Å²) in [5.41, 5.74) is 0.0915. The molecular weight excluding hydrogens is 430 g/mol. The number of anilines is 1. The monoisotopic (exact) mass is 444 g/mol. The molecule has 2 aromatic carbocycles. The minimum atomic E-state index is -3.77. The van der Waals surface area contributed by atoms with Gasteiger partial charge in [0.2, 0.25) is 10.0 Å². The summed E-state index contributed by atoms with van der Waals surface area (Å²) in [6.07, 6.45) is -2.21. The van der Waals surface area contributed by atoms with E-state index in [9.17, 15) is 22.0 Å². The Labute approximate surface area is 170 Å². The van der Waals surface area contributed by atoms with E-state index in [1.54, 1.807) is 0 Å². The van der Waals surface area contributed by atoms with E-state index in [1.165, 1.54) is 40.7 Å². The van der Waals surface area contributed by atoms with Crippen LogP contribution in [0.4, 0.5) is 14.5 Å². The molecule has 1 fully saturated rings. The van der Waals surface area contributed by atoms with Crippen LogP contribution < -0.4 is 14.8 Å². The maximum atomic E-state index is 13.1. The number of rotatable bonds is 4. The van der Waals surface area contributed by atoms with Crippen molar-refractivity contribution in [2.24, 2.45) is 0 Å². The summed E-state index contributed by atoms with van der Waals surface area (Å²) in [5.74, 6) is -1.09. The van der Waals surface area contributed by atoms with Gasteiger partial charge in [0.05, 0.1) is 15.5 Å². The highest BCUT2D eigenvalue weighted by molar-refractivity contribution is 7.89. The van der Waals surface area contributed by atoms with E-state index < -0.39 is 22.2 Å². The molecule has 0 atom stereocenters. The van der Waals surface area contributed by atoms with Crippen molar-refractivity contribution >= 4 is 33.2 Å². The fraction of sp³-hybridized carbons (Fsp3) is 0.278. The standard InChI is InChI=1S/C18H15ClF2N2O5S/c19-14-5-4-12(29(25,26)23-7-1-2-8-23)10-13(14)17(24)22-11-3-6-15-16(9-11)28-18(20,21)27-15/h3-6,9-10H,1-2,7-8H2,(H,22,24). The number of sulfonamides is 1. The van der Waals surface area contributed by atoms with Crippen molar-refractivity contribution in [1.29, 1.82) is 0 Å². The molecule has 4 rings (SSSR count). The van der Waals surface area contributed by atoms with Crippen molar-refractivity contribution in [3.05, 3.63) is 47.0 Å². The highest BCUT2D eigenvalue weighted by atomic mass is 35.5. The summed E-state index contributed by atoms with van der Waals surface area (Å²) in [6, 6.07) is 7.62. The van der Waals surface area contributed by atoms with Gasteiger partial charge in [-0.25, -0.2) is 8.42 Å². The van der Waals surface area contributed by atoms with Gasteiger partial charge in [0, 0.05) is 24.8 Å². The largest absolute Gasteiger partial charge is 0.586 e. The summed E-state index contributed by atoms with van der Waals surface area (Å²) in [7, 11) is -3.73. The lowest BCUT2D eigenvalue weighted by Crippen LogP contribution is -2.28. The number of halogens is 3. The molecule has 7 nitrogen and oxygen atoms in total. The topological polar surface area (TPSA) is 84.9 Å². The Balaban J connectivity index is 1.58. The fourth-order valence-corrected chi connectivity index (χ4v) is 4.89. The van der Waals surface area contributed by atoms with Crippen LogP contribution in [0.5, 0.6) is 11.5 Å². The van der Waals surface area contributed by atoms with Crippen LogP contribution >= 0.6 is 11.6 Å². The highest BCUT2D eigenvalue weighted by Gasteiger charge is 2.43. The zero-order valence-electron chi connectivity index (χ0n) is 14.8. The third kappa shape index (κ3) is 3.87. The van der Waals surface area contributed by atoms with Gasteiger partial charge < -0.3 is 14.8 Å². The van der Waals surface area contributed by atoms with Crippen LogP contribution in [-0.4, -0.2) is 38.0 Å². The molecule has 0 aliphatic carbocycles. The van der Waals surface area contributed by atoms with Crippen LogP contribution in [0.25, 0.3) is 0 Å². The Kier molecular flexibility index (Phi) is 4.88. The van der Waals surface area contributed by atoms with Gasteiger partial charge in [-0.2, -0.15) is 4.31 Å². The molecule has 0 aromatic heterocycles. The number of nitrogens with zero attached hydrogens (tertiary/aromatic N) is 1. The first-order valence-electron chi connectivity index (χ1n) is 8.67. The molecule has 2 heterocycles. The second kappa shape index (κ2) is 7.12. The summed E-state index contributed by atoms with van der Waals surface area (Å²) >= 11 is 6.09. The Hall–Kier alpha value is -2.43. The van der Waals surface area contributed by atoms with E-state index in [-0.39, 0.29) is 32.7 Å². The molecule has 2 aromatic rings. The summed E-state index contributed by atoms with van der Waals surface area (Å²) < 4.78 is 61.7. The number of alkyl halides is 2. The van der Waals surface area contributed by atoms with Crippen molar-refractivity contribution in [1.82, 2.24) is 4.31 Å². The molecule has 0 unspecified atom stereocenters. The number of fused-ring (bicyclic) bond motifs is 1. The lowest BCUT2D eigenvalue weighted by Gasteiger charge is -2.16. The third-order valence-electron chi connectivity index (χ3n) is 4.54. The molecule has 0 radical (unpaired) electrons. The summed E-state index contributed by atoms with van der Waals surface area (Å²) in [5, 5.41) is 2.54.